The maximum Gasteiger partial charge on any atom is 0.120 e. The second kappa shape index (κ2) is 10.5. The predicted octanol–water partition coefficient (Wildman–Crippen LogP) is 7.89. The summed E-state index contributed by atoms with van der Waals surface area (Å²) in [5, 5.41) is 4.98. The van der Waals surface area contributed by atoms with Crippen LogP contribution < -0.4 is 9.47 Å². The van der Waals surface area contributed by atoms with E-state index in [2.05, 4.69) is 104 Å². The summed E-state index contributed by atoms with van der Waals surface area (Å²) in [6.07, 6.45) is 0.976. The quantitative estimate of drug-likeness (QED) is 0.253. The molecule has 1 aliphatic heterocycles. The van der Waals surface area contributed by atoms with Crippen molar-refractivity contribution in [2.75, 3.05) is 6.61 Å². The fraction of sp³-hybridized carbons (Fsp3) is 0.281. The number of nitrogens with zero attached hydrogens (tertiary/aromatic N) is 1. The van der Waals surface area contributed by atoms with E-state index < -0.39 is 0 Å². The molecular formula is C32H35NO2S. The Morgan fingerprint density at radius 2 is 1.50 bits per heavy atom. The number of hydrogen-bond donors (Lipinski definition) is 0. The molecule has 0 aliphatic carbocycles. The Morgan fingerprint density at radius 3 is 2.25 bits per heavy atom. The Morgan fingerprint density at radius 1 is 0.833 bits per heavy atom. The van der Waals surface area contributed by atoms with Crippen molar-refractivity contribution < 1.29 is 9.47 Å². The number of rotatable bonds is 6. The summed E-state index contributed by atoms with van der Waals surface area (Å²) in [6, 6.07) is 32.5. The highest BCUT2D eigenvalue weighted by Gasteiger charge is 2.29. The highest BCUT2D eigenvalue weighted by Crippen LogP contribution is 2.41. The Balaban J connectivity index is 1.42. The third-order valence-electron chi connectivity index (χ3n) is 6.45. The van der Waals surface area contributed by atoms with Crippen LogP contribution in [0, 0.1) is 0 Å². The van der Waals surface area contributed by atoms with Crippen LogP contribution in [-0.2, 0) is 13.0 Å². The molecule has 0 N–H and O–H groups in total. The lowest BCUT2D eigenvalue weighted by Gasteiger charge is -2.39. The van der Waals surface area contributed by atoms with Gasteiger partial charge in [-0.1, -0.05) is 71.3 Å². The first-order valence-electron chi connectivity index (χ1n) is 12.7. The molecule has 1 aliphatic rings. The molecule has 0 radical (unpaired) electrons. The average molecular weight is 498 g/mol. The largest absolute Gasteiger partial charge is 0.492 e. The molecular weight excluding hydrogens is 462 g/mol. The van der Waals surface area contributed by atoms with E-state index in [1.807, 2.05) is 24.3 Å². The van der Waals surface area contributed by atoms with Crippen LogP contribution in [0.3, 0.4) is 0 Å². The van der Waals surface area contributed by atoms with Gasteiger partial charge in [0.05, 0.1) is 6.04 Å². The molecule has 186 valence electrons. The van der Waals surface area contributed by atoms with Crippen molar-refractivity contribution in [2.45, 2.75) is 57.2 Å². The fourth-order valence-electron chi connectivity index (χ4n) is 4.85. The fourth-order valence-corrected chi connectivity index (χ4v) is 6.99. The second-order valence-electron chi connectivity index (χ2n) is 10.2. The van der Waals surface area contributed by atoms with Crippen LogP contribution in [0.2, 0.25) is 0 Å². The molecule has 4 heteroatoms. The van der Waals surface area contributed by atoms with Gasteiger partial charge in [-0.05, 0) is 91.7 Å². The number of benzene rings is 4. The molecule has 4 aromatic rings. The summed E-state index contributed by atoms with van der Waals surface area (Å²) >= 11 is 0. The lowest BCUT2D eigenvalue weighted by Crippen LogP contribution is -2.41. The zero-order chi connectivity index (χ0) is 25.1. The van der Waals surface area contributed by atoms with Crippen molar-refractivity contribution in [3.8, 4) is 11.5 Å². The molecule has 1 heterocycles. The molecule has 0 aromatic heterocycles. The van der Waals surface area contributed by atoms with Crippen molar-refractivity contribution in [1.29, 1.82) is 0 Å². The third kappa shape index (κ3) is 5.50. The standard InChI is InChI=1S/C32H35NO2S/c1-5-36(31-16-10-14-24-11-8-9-15-30(24)31)33-22-26-13-7-6-12-25(26)21-27(33)23-34-28-17-19-29(20-18-28)35-32(2,3)4/h5-20,27H,21-23H2,1-4H3. The molecule has 0 fully saturated rings. The SMILES string of the molecule is CC=S(c1cccc2ccccc12)N1Cc2ccccc2CC1COc1ccc(OC(C)(C)C)cc1. The van der Waals surface area contributed by atoms with E-state index in [4.69, 9.17) is 9.47 Å². The maximum absolute atomic E-state index is 6.39. The number of hydrogen-bond acceptors (Lipinski definition) is 3. The van der Waals surface area contributed by atoms with Gasteiger partial charge in [-0.15, -0.1) is 0 Å². The first kappa shape index (κ1) is 24.6. The first-order valence-corrected chi connectivity index (χ1v) is 13.9. The topological polar surface area (TPSA) is 21.7 Å². The maximum atomic E-state index is 6.39. The van der Waals surface area contributed by atoms with E-state index in [1.165, 1.54) is 26.8 Å². The molecule has 0 spiro atoms. The molecule has 4 aromatic carbocycles. The van der Waals surface area contributed by atoms with E-state index in [0.29, 0.717) is 6.61 Å². The summed E-state index contributed by atoms with van der Waals surface area (Å²) in [5.74, 6) is 1.74. The molecule has 2 unspecified atom stereocenters. The van der Waals surface area contributed by atoms with Gasteiger partial charge in [0.15, 0.2) is 0 Å². The van der Waals surface area contributed by atoms with Gasteiger partial charge in [0.25, 0.3) is 0 Å². The lowest BCUT2D eigenvalue weighted by atomic mass is 9.96. The second-order valence-corrected chi connectivity index (χ2v) is 12.2. The van der Waals surface area contributed by atoms with Gasteiger partial charge >= 0.3 is 0 Å². The Hall–Kier alpha value is -3.08. The van der Waals surface area contributed by atoms with E-state index >= 15 is 0 Å². The minimum absolute atomic E-state index is 0.158. The van der Waals surface area contributed by atoms with Crippen molar-refractivity contribution in [1.82, 2.24) is 4.31 Å². The molecule has 5 rings (SSSR count). The van der Waals surface area contributed by atoms with Crippen molar-refractivity contribution in [2.24, 2.45) is 0 Å². The van der Waals surface area contributed by atoms with Crippen LogP contribution in [-0.4, -0.2) is 27.9 Å². The van der Waals surface area contributed by atoms with Crippen LogP contribution in [0.25, 0.3) is 10.8 Å². The molecule has 0 amide bonds. The zero-order valence-corrected chi connectivity index (χ0v) is 22.4. The molecule has 0 saturated carbocycles. The highest BCUT2D eigenvalue weighted by molar-refractivity contribution is 8.13. The molecule has 3 nitrogen and oxygen atoms in total. The summed E-state index contributed by atoms with van der Waals surface area (Å²) in [7, 11) is -0.158. The molecule has 0 bridgehead atoms. The zero-order valence-electron chi connectivity index (χ0n) is 21.6. The monoisotopic (exact) mass is 497 g/mol. The van der Waals surface area contributed by atoms with Crippen LogP contribution in [0.5, 0.6) is 11.5 Å². The van der Waals surface area contributed by atoms with Gasteiger partial charge in [0.1, 0.15) is 23.7 Å². The lowest BCUT2D eigenvalue weighted by molar-refractivity contribution is 0.130. The van der Waals surface area contributed by atoms with Gasteiger partial charge in [-0.3, -0.25) is 0 Å². The number of ether oxygens (including phenoxy) is 2. The van der Waals surface area contributed by atoms with Crippen LogP contribution in [0.15, 0.2) is 95.9 Å². The minimum atomic E-state index is -0.216. The van der Waals surface area contributed by atoms with Crippen LogP contribution >= 0.6 is 10.7 Å². The van der Waals surface area contributed by atoms with Gasteiger partial charge in [0, 0.05) is 11.4 Å². The van der Waals surface area contributed by atoms with Gasteiger partial charge in [-0.25, -0.2) is 4.31 Å². The molecule has 36 heavy (non-hydrogen) atoms. The number of fused-ring (bicyclic) bond motifs is 2. The summed E-state index contributed by atoms with van der Waals surface area (Å²) < 4.78 is 15.0. The summed E-state index contributed by atoms with van der Waals surface area (Å²) in [4.78, 5) is 1.38. The highest BCUT2D eigenvalue weighted by atomic mass is 32.2. The van der Waals surface area contributed by atoms with Crippen molar-refractivity contribution in [3.05, 3.63) is 102 Å². The molecule has 2 atom stereocenters. The van der Waals surface area contributed by atoms with Crippen LogP contribution in [0.4, 0.5) is 0 Å². The Kier molecular flexibility index (Phi) is 7.17. The summed E-state index contributed by atoms with van der Waals surface area (Å²) in [5.41, 5.74) is 2.62. The average Bonchev–Trinajstić information content (AvgIpc) is 2.88. The van der Waals surface area contributed by atoms with Crippen molar-refractivity contribution >= 4 is 26.8 Å². The third-order valence-corrected chi connectivity index (χ3v) is 8.63. The summed E-state index contributed by atoms with van der Waals surface area (Å²) in [6.45, 7) is 9.92. The van der Waals surface area contributed by atoms with E-state index in [9.17, 15) is 0 Å². The first-order chi connectivity index (χ1) is 17.4. The normalized spacial score (nSPS) is 17.1. The van der Waals surface area contributed by atoms with E-state index in [1.54, 1.807) is 0 Å². The van der Waals surface area contributed by atoms with Crippen molar-refractivity contribution in [3.63, 3.8) is 0 Å². The van der Waals surface area contributed by atoms with E-state index in [-0.39, 0.29) is 22.3 Å². The van der Waals surface area contributed by atoms with E-state index in [0.717, 1.165) is 24.5 Å². The van der Waals surface area contributed by atoms with Crippen LogP contribution in [0.1, 0.15) is 38.8 Å². The Labute approximate surface area is 217 Å². The Bertz CT molecular complexity index is 1370. The van der Waals surface area contributed by atoms with Gasteiger partial charge in [-0.2, -0.15) is 0 Å². The smallest absolute Gasteiger partial charge is 0.120 e. The van der Waals surface area contributed by atoms with Gasteiger partial charge in [0.2, 0.25) is 0 Å². The molecule has 0 saturated heterocycles. The minimum Gasteiger partial charge on any atom is -0.492 e. The van der Waals surface area contributed by atoms with Gasteiger partial charge < -0.3 is 9.47 Å². The predicted molar refractivity (Wildman–Crippen MR) is 153 cm³/mol.